The van der Waals surface area contributed by atoms with Crippen molar-refractivity contribution < 1.29 is 4.79 Å². The van der Waals surface area contributed by atoms with E-state index >= 15 is 0 Å². The molecule has 1 aromatic rings. The number of anilines is 1. The van der Waals surface area contributed by atoms with E-state index in [1.165, 1.54) is 0 Å². The van der Waals surface area contributed by atoms with Crippen molar-refractivity contribution >= 4 is 22.2 Å². The largest absolute Gasteiger partial charge is 0.366 e. The lowest BCUT2D eigenvalue weighted by Crippen LogP contribution is -2.27. The van der Waals surface area contributed by atoms with Gasteiger partial charge in [0.2, 0.25) is 5.91 Å². The molecular weight excluding hydrogens is 196 g/mol. The second-order valence-electron chi connectivity index (χ2n) is 2.98. The van der Waals surface area contributed by atoms with E-state index in [0.717, 1.165) is 5.00 Å². The molecule has 0 saturated carbocycles. The van der Waals surface area contributed by atoms with Crippen LogP contribution in [0.3, 0.4) is 0 Å². The van der Waals surface area contributed by atoms with Crippen molar-refractivity contribution in [2.24, 2.45) is 5.73 Å². The predicted molar refractivity (Wildman–Crippen MR) is 58.1 cm³/mol. The molecule has 1 aliphatic rings. The van der Waals surface area contributed by atoms with Crippen LogP contribution in [0, 0.1) is 0 Å². The van der Waals surface area contributed by atoms with E-state index in [2.05, 4.69) is 0 Å². The first-order valence-electron chi connectivity index (χ1n) is 4.24. The van der Waals surface area contributed by atoms with Crippen LogP contribution < -0.4 is 10.6 Å². The van der Waals surface area contributed by atoms with E-state index in [4.69, 9.17) is 5.73 Å². The summed E-state index contributed by atoms with van der Waals surface area (Å²) < 4.78 is 0. The minimum absolute atomic E-state index is 0.351. The van der Waals surface area contributed by atoms with Gasteiger partial charge in [0.05, 0.1) is 11.5 Å². The van der Waals surface area contributed by atoms with Gasteiger partial charge in [-0.15, -0.1) is 11.3 Å². The number of allylic oxidation sites excluding steroid dienone is 2. The Kier molecular flexibility index (Phi) is 2.37. The van der Waals surface area contributed by atoms with Crippen LogP contribution in [0.4, 0.5) is 5.00 Å². The van der Waals surface area contributed by atoms with Crippen molar-refractivity contribution in [3.05, 3.63) is 41.4 Å². The number of thiophene rings is 1. The van der Waals surface area contributed by atoms with Crippen molar-refractivity contribution in [3.8, 4) is 0 Å². The second kappa shape index (κ2) is 3.67. The lowest BCUT2D eigenvalue weighted by atomic mass is 10.2. The molecule has 2 heterocycles. The third kappa shape index (κ3) is 1.70. The number of nitrogens with zero attached hydrogens (tertiary/aromatic N) is 1. The SMILES string of the molecule is NC(=O)C1=CC=CN(c2cccs2)C1. The highest BCUT2D eigenvalue weighted by Gasteiger charge is 2.13. The molecule has 0 unspecified atom stereocenters. The fourth-order valence-corrected chi connectivity index (χ4v) is 2.01. The van der Waals surface area contributed by atoms with Crippen molar-refractivity contribution in [2.45, 2.75) is 0 Å². The Labute approximate surface area is 86.1 Å². The topological polar surface area (TPSA) is 46.3 Å². The zero-order valence-electron chi connectivity index (χ0n) is 7.51. The highest BCUT2D eigenvalue weighted by molar-refractivity contribution is 7.14. The summed E-state index contributed by atoms with van der Waals surface area (Å²) in [5.41, 5.74) is 5.86. The summed E-state index contributed by atoms with van der Waals surface area (Å²) in [5, 5.41) is 3.12. The quantitative estimate of drug-likeness (QED) is 0.797. The number of amides is 1. The molecule has 0 atom stereocenters. The van der Waals surface area contributed by atoms with Gasteiger partial charge < -0.3 is 10.6 Å². The number of carbonyl (C=O) groups is 1. The van der Waals surface area contributed by atoms with Gasteiger partial charge in [-0.2, -0.15) is 0 Å². The Morgan fingerprint density at radius 3 is 3.07 bits per heavy atom. The van der Waals surface area contributed by atoms with Crippen LogP contribution in [0.5, 0.6) is 0 Å². The van der Waals surface area contributed by atoms with Crippen LogP contribution in [-0.2, 0) is 4.79 Å². The van der Waals surface area contributed by atoms with Crippen LogP contribution in [-0.4, -0.2) is 12.5 Å². The number of hydrogen-bond donors (Lipinski definition) is 1. The summed E-state index contributed by atoms with van der Waals surface area (Å²) in [6, 6.07) is 4.00. The average molecular weight is 206 g/mol. The lowest BCUT2D eigenvalue weighted by Gasteiger charge is -2.21. The van der Waals surface area contributed by atoms with Gasteiger partial charge in [0, 0.05) is 11.8 Å². The predicted octanol–water partition coefficient (Wildman–Crippen LogP) is 1.49. The van der Waals surface area contributed by atoms with Crippen molar-refractivity contribution in [2.75, 3.05) is 11.4 Å². The summed E-state index contributed by atoms with van der Waals surface area (Å²) in [7, 11) is 0. The fraction of sp³-hybridized carbons (Fsp3) is 0.100. The highest BCUT2D eigenvalue weighted by Crippen LogP contribution is 2.23. The maximum absolute atomic E-state index is 11.0. The van der Waals surface area contributed by atoms with E-state index in [1.54, 1.807) is 17.4 Å². The molecule has 0 aromatic carbocycles. The third-order valence-electron chi connectivity index (χ3n) is 2.01. The van der Waals surface area contributed by atoms with Crippen LogP contribution >= 0.6 is 11.3 Å². The molecule has 0 bridgehead atoms. The van der Waals surface area contributed by atoms with Gasteiger partial charge in [0.1, 0.15) is 0 Å². The molecule has 3 nitrogen and oxygen atoms in total. The Morgan fingerprint density at radius 2 is 2.43 bits per heavy atom. The molecule has 0 aliphatic carbocycles. The van der Waals surface area contributed by atoms with Gasteiger partial charge in [-0.3, -0.25) is 4.79 Å². The van der Waals surface area contributed by atoms with Gasteiger partial charge in [0.25, 0.3) is 0 Å². The monoisotopic (exact) mass is 206 g/mol. The zero-order valence-corrected chi connectivity index (χ0v) is 8.33. The number of hydrogen-bond acceptors (Lipinski definition) is 3. The van der Waals surface area contributed by atoms with Crippen molar-refractivity contribution in [1.29, 1.82) is 0 Å². The number of carbonyl (C=O) groups excluding carboxylic acids is 1. The van der Waals surface area contributed by atoms with Gasteiger partial charge in [-0.25, -0.2) is 0 Å². The molecule has 14 heavy (non-hydrogen) atoms. The van der Waals surface area contributed by atoms with Gasteiger partial charge in [-0.1, -0.05) is 6.08 Å². The molecule has 0 fully saturated rings. The average Bonchev–Trinajstić information content (AvgIpc) is 2.71. The molecule has 1 aromatic heterocycles. The van der Waals surface area contributed by atoms with Gasteiger partial charge in [-0.05, 0) is 23.6 Å². The van der Waals surface area contributed by atoms with Crippen molar-refractivity contribution in [3.63, 3.8) is 0 Å². The summed E-state index contributed by atoms with van der Waals surface area (Å²) in [6.07, 6.45) is 5.54. The Morgan fingerprint density at radius 1 is 1.57 bits per heavy atom. The first-order chi connectivity index (χ1) is 6.77. The maximum Gasteiger partial charge on any atom is 0.246 e. The molecule has 4 heteroatoms. The van der Waals surface area contributed by atoms with E-state index in [0.29, 0.717) is 12.1 Å². The fourth-order valence-electron chi connectivity index (χ4n) is 1.30. The third-order valence-corrected chi connectivity index (χ3v) is 2.92. The zero-order chi connectivity index (χ0) is 9.97. The van der Waals surface area contributed by atoms with E-state index < -0.39 is 0 Å². The van der Waals surface area contributed by atoms with Crippen LogP contribution in [0.25, 0.3) is 0 Å². The van der Waals surface area contributed by atoms with Crippen molar-refractivity contribution in [1.82, 2.24) is 0 Å². The highest BCUT2D eigenvalue weighted by atomic mass is 32.1. The van der Waals surface area contributed by atoms with Gasteiger partial charge >= 0.3 is 0 Å². The Balaban J connectivity index is 2.18. The summed E-state index contributed by atoms with van der Waals surface area (Å²) in [4.78, 5) is 13.0. The molecule has 72 valence electrons. The second-order valence-corrected chi connectivity index (χ2v) is 3.90. The number of primary amides is 1. The standard InChI is InChI=1S/C10H10N2OS/c11-10(13)8-3-1-5-12(7-8)9-4-2-6-14-9/h1-6H,7H2,(H2,11,13). The lowest BCUT2D eigenvalue weighted by molar-refractivity contribution is -0.114. The Bertz CT molecular complexity index is 392. The van der Waals surface area contributed by atoms with E-state index in [-0.39, 0.29) is 5.91 Å². The maximum atomic E-state index is 11.0. The van der Waals surface area contributed by atoms with Crippen LogP contribution in [0.15, 0.2) is 41.4 Å². The summed E-state index contributed by atoms with van der Waals surface area (Å²) >= 11 is 1.64. The number of nitrogens with two attached hydrogens (primary N) is 1. The van der Waals surface area contributed by atoms with E-state index in [9.17, 15) is 4.79 Å². The molecular formula is C10H10N2OS. The molecule has 2 N–H and O–H groups in total. The van der Waals surface area contributed by atoms with Crippen LogP contribution in [0.1, 0.15) is 0 Å². The smallest absolute Gasteiger partial charge is 0.246 e. The normalized spacial score (nSPS) is 15.4. The minimum atomic E-state index is -0.351. The van der Waals surface area contributed by atoms with Crippen LogP contribution in [0.2, 0.25) is 0 Å². The summed E-state index contributed by atoms with van der Waals surface area (Å²) in [6.45, 7) is 0.562. The molecule has 1 amide bonds. The first-order valence-corrected chi connectivity index (χ1v) is 5.12. The molecule has 0 spiro atoms. The number of rotatable bonds is 2. The molecule has 0 saturated heterocycles. The summed E-state index contributed by atoms with van der Waals surface area (Å²) in [5.74, 6) is -0.351. The molecule has 2 rings (SSSR count). The molecule has 0 radical (unpaired) electrons. The Hall–Kier alpha value is -1.55. The van der Waals surface area contributed by atoms with E-state index in [1.807, 2.05) is 34.7 Å². The van der Waals surface area contributed by atoms with Gasteiger partial charge in [0.15, 0.2) is 0 Å². The minimum Gasteiger partial charge on any atom is -0.366 e. The first kappa shape index (κ1) is 9.02. The molecule has 1 aliphatic heterocycles.